The average Bonchev–Trinajstić information content (AvgIpc) is 2.84. The molecule has 0 bridgehead atoms. The molecule has 5 unspecified atom stereocenters. The molecule has 5 nitrogen and oxygen atoms in total. The molecule has 4 aliphatic rings. The summed E-state index contributed by atoms with van der Waals surface area (Å²) in [6.07, 6.45) is 5.47. The highest BCUT2D eigenvalue weighted by molar-refractivity contribution is 5.95. The van der Waals surface area contributed by atoms with Gasteiger partial charge in [-0.1, -0.05) is 20.8 Å². The standard InChI is InChI=1S/C20H29NO4/c1-11-10-14-18(21(24)25)15(22)7-9-19(14,2)13-6-8-20(3)12(17(11)13)4-5-16(20)23/h11-13,16-17,23H,4-10H2,1-3H3/t11-,12?,13?,16+,17?,19?,20?/m1/s1. The number of Topliss-reactive ketones (excluding diaryl/α,β-unsaturated/α-hetero) is 1. The van der Waals surface area contributed by atoms with Crippen molar-refractivity contribution < 1.29 is 14.8 Å². The Hall–Kier alpha value is -1.23. The third-order valence-corrected chi connectivity index (χ3v) is 8.58. The number of aliphatic hydroxyl groups excluding tert-OH is 1. The lowest BCUT2D eigenvalue weighted by Crippen LogP contribution is -2.54. The zero-order valence-corrected chi connectivity index (χ0v) is 15.5. The Morgan fingerprint density at radius 1 is 1.16 bits per heavy atom. The van der Waals surface area contributed by atoms with Crippen LogP contribution in [-0.4, -0.2) is 21.9 Å². The molecule has 25 heavy (non-hydrogen) atoms. The average molecular weight is 347 g/mol. The van der Waals surface area contributed by atoms with Crippen LogP contribution in [-0.2, 0) is 4.79 Å². The Morgan fingerprint density at radius 2 is 1.88 bits per heavy atom. The van der Waals surface area contributed by atoms with Gasteiger partial charge in [0.2, 0.25) is 5.78 Å². The lowest BCUT2D eigenvalue weighted by atomic mass is 9.45. The number of ketones is 1. The Labute approximate surface area is 149 Å². The molecule has 0 aromatic carbocycles. The molecule has 1 N–H and O–H groups in total. The van der Waals surface area contributed by atoms with Gasteiger partial charge in [-0.15, -0.1) is 0 Å². The van der Waals surface area contributed by atoms with Crippen molar-refractivity contribution in [2.24, 2.45) is 34.5 Å². The lowest BCUT2D eigenvalue weighted by molar-refractivity contribution is -0.422. The van der Waals surface area contributed by atoms with Crippen LogP contribution < -0.4 is 0 Å². The van der Waals surface area contributed by atoms with E-state index in [0.29, 0.717) is 36.5 Å². The summed E-state index contributed by atoms with van der Waals surface area (Å²) in [5.41, 5.74) is 0.509. The molecule has 4 rings (SSSR count). The largest absolute Gasteiger partial charge is 0.393 e. The first-order valence-corrected chi connectivity index (χ1v) is 9.79. The maximum Gasteiger partial charge on any atom is 0.311 e. The fourth-order valence-corrected chi connectivity index (χ4v) is 7.19. The van der Waals surface area contributed by atoms with Gasteiger partial charge in [0.1, 0.15) is 0 Å². The summed E-state index contributed by atoms with van der Waals surface area (Å²) in [6, 6.07) is 0. The highest BCUT2D eigenvalue weighted by atomic mass is 16.6. The van der Waals surface area contributed by atoms with Crippen molar-refractivity contribution in [3.8, 4) is 0 Å². The van der Waals surface area contributed by atoms with Crippen LogP contribution in [0.2, 0.25) is 0 Å². The minimum atomic E-state index is -0.422. The second-order valence-corrected chi connectivity index (χ2v) is 9.53. The van der Waals surface area contributed by atoms with Crippen molar-refractivity contribution in [2.45, 2.75) is 71.8 Å². The Balaban J connectivity index is 1.80. The van der Waals surface area contributed by atoms with Crippen molar-refractivity contribution >= 4 is 5.78 Å². The van der Waals surface area contributed by atoms with Gasteiger partial charge >= 0.3 is 5.70 Å². The fraction of sp³-hybridized carbons (Fsp3) is 0.850. The second-order valence-electron chi connectivity index (χ2n) is 9.53. The summed E-state index contributed by atoms with van der Waals surface area (Å²) >= 11 is 0. The first kappa shape index (κ1) is 17.2. The molecule has 0 aromatic heterocycles. The number of fused-ring (bicyclic) bond motifs is 5. The fourth-order valence-electron chi connectivity index (χ4n) is 7.19. The van der Waals surface area contributed by atoms with Crippen LogP contribution in [0.1, 0.15) is 65.7 Å². The molecule has 138 valence electrons. The van der Waals surface area contributed by atoms with Crippen LogP contribution in [0.25, 0.3) is 0 Å². The van der Waals surface area contributed by atoms with E-state index in [2.05, 4.69) is 20.8 Å². The van der Waals surface area contributed by atoms with E-state index in [1.807, 2.05) is 0 Å². The number of carbonyl (C=O) groups excluding carboxylic acids is 1. The summed E-state index contributed by atoms with van der Waals surface area (Å²) in [7, 11) is 0. The van der Waals surface area contributed by atoms with Crippen molar-refractivity contribution in [3.05, 3.63) is 21.4 Å². The smallest absolute Gasteiger partial charge is 0.311 e. The maximum atomic E-state index is 12.2. The van der Waals surface area contributed by atoms with E-state index >= 15 is 0 Å². The highest BCUT2D eigenvalue weighted by Gasteiger charge is 2.62. The number of carbonyl (C=O) groups is 1. The molecule has 4 aliphatic carbocycles. The predicted octanol–water partition coefficient (Wildman–Crippen LogP) is 3.73. The quantitative estimate of drug-likeness (QED) is 0.579. The maximum absolute atomic E-state index is 12.2. The number of nitro groups is 1. The van der Waals surface area contributed by atoms with Crippen LogP contribution >= 0.6 is 0 Å². The summed E-state index contributed by atoms with van der Waals surface area (Å²) in [5, 5.41) is 22.2. The van der Waals surface area contributed by atoms with Crippen molar-refractivity contribution in [3.63, 3.8) is 0 Å². The Kier molecular flexibility index (Phi) is 3.70. The first-order chi connectivity index (χ1) is 11.7. The summed E-state index contributed by atoms with van der Waals surface area (Å²) in [6.45, 7) is 6.63. The van der Waals surface area contributed by atoms with Gasteiger partial charge in [0.25, 0.3) is 0 Å². The molecule has 0 aromatic rings. The molecular formula is C20H29NO4. The van der Waals surface area contributed by atoms with E-state index in [4.69, 9.17) is 0 Å². The normalized spacial score (nSPS) is 49.4. The molecule has 3 fully saturated rings. The van der Waals surface area contributed by atoms with Crippen LogP contribution in [0.3, 0.4) is 0 Å². The van der Waals surface area contributed by atoms with Crippen LogP contribution in [0, 0.1) is 44.6 Å². The van der Waals surface area contributed by atoms with Gasteiger partial charge in [0, 0.05) is 12.0 Å². The lowest BCUT2D eigenvalue weighted by Gasteiger charge is -2.59. The predicted molar refractivity (Wildman–Crippen MR) is 93.2 cm³/mol. The third kappa shape index (κ3) is 2.14. The number of hydrogen-bond acceptors (Lipinski definition) is 4. The van der Waals surface area contributed by atoms with E-state index < -0.39 is 4.92 Å². The summed E-state index contributed by atoms with van der Waals surface area (Å²) in [5.74, 6) is 1.47. The van der Waals surface area contributed by atoms with Crippen LogP contribution in [0.15, 0.2) is 11.3 Å². The zero-order chi connectivity index (χ0) is 18.1. The molecular weight excluding hydrogens is 318 g/mol. The zero-order valence-electron chi connectivity index (χ0n) is 15.5. The molecule has 0 spiro atoms. The van der Waals surface area contributed by atoms with Gasteiger partial charge < -0.3 is 5.11 Å². The van der Waals surface area contributed by atoms with E-state index in [1.54, 1.807) is 0 Å². The van der Waals surface area contributed by atoms with Gasteiger partial charge in [-0.25, -0.2) is 0 Å². The molecule has 0 amide bonds. The molecule has 0 heterocycles. The van der Waals surface area contributed by atoms with E-state index in [9.17, 15) is 20.0 Å². The number of allylic oxidation sites excluding steroid dienone is 1. The first-order valence-electron chi connectivity index (χ1n) is 9.79. The highest BCUT2D eigenvalue weighted by Crippen LogP contribution is 2.67. The van der Waals surface area contributed by atoms with Gasteiger partial charge in [-0.05, 0) is 73.0 Å². The number of aliphatic hydroxyl groups is 1. The Morgan fingerprint density at radius 3 is 2.56 bits per heavy atom. The van der Waals surface area contributed by atoms with Gasteiger partial charge in [0.05, 0.1) is 11.0 Å². The number of nitrogens with zero attached hydrogens (tertiary/aromatic N) is 1. The summed E-state index contributed by atoms with van der Waals surface area (Å²) < 4.78 is 0. The summed E-state index contributed by atoms with van der Waals surface area (Å²) in [4.78, 5) is 23.4. The van der Waals surface area contributed by atoms with Crippen molar-refractivity contribution in [2.75, 3.05) is 0 Å². The molecule has 0 radical (unpaired) electrons. The molecule has 5 heteroatoms. The minimum Gasteiger partial charge on any atom is -0.393 e. The number of rotatable bonds is 1. The molecule has 0 aliphatic heterocycles. The topological polar surface area (TPSA) is 80.4 Å². The van der Waals surface area contributed by atoms with Gasteiger partial charge in [-0.2, -0.15) is 0 Å². The van der Waals surface area contributed by atoms with Gasteiger partial charge in [0.15, 0.2) is 0 Å². The van der Waals surface area contributed by atoms with Crippen LogP contribution in [0.4, 0.5) is 0 Å². The SMILES string of the molecule is C[C@@H]1CC2=C([N+](=O)[O-])C(=O)CCC2(C)C2CCC3(C)C(CC[C@@H]3O)C21. The van der Waals surface area contributed by atoms with E-state index in [1.165, 1.54) is 0 Å². The van der Waals surface area contributed by atoms with E-state index in [-0.39, 0.29) is 28.4 Å². The number of hydrogen-bond donors (Lipinski definition) is 1. The monoisotopic (exact) mass is 347 g/mol. The molecule has 7 atom stereocenters. The van der Waals surface area contributed by atoms with Gasteiger partial charge in [-0.3, -0.25) is 14.9 Å². The van der Waals surface area contributed by atoms with Crippen LogP contribution in [0.5, 0.6) is 0 Å². The minimum absolute atomic E-state index is 0.00340. The van der Waals surface area contributed by atoms with E-state index in [0.717, 1.165) is 37.7 Å². The molecule has 0 saturated heterocycles. The van der Waals surface area contributed by atoms with Crippen molar-refractivity contribution in [1.29, 1.82) is 0 Å². The van der Waals surface area contributed by atoms with Crippen molar-refractivity contribution in [1.82, 2.24) is 0 Å². The third-order valence-electron chi connectivity index (χ3n) is 8.58. The Bertz CT molecular complexity index is 671. The molecule has 3 saturated carbocycles. The second kappa shape index (κ2) is 5.38.